The van der Waals surface area contributed by atoms with E-state index in [1.54, 1.807) is 6.07 Å². The molecule has 0 bridgehead atoms. The lowest BCUT2D eigenvalue weighted by molar-refractivity contribution is -0.136. The van der Waals surface area contributed by atoms with E-state index in [0.717, 1.165) is 16.5 Å². The molecule has 0 aromatic heterocycles. The average Bonchev–Trinajstić information content (AvgIpc) is 2.73. The van der Waals surface area contributed by atoms with E-state index in [1.807, 2.05) is 6.07 Å². The van der Waals surface area contributed by atoms with Crippen LogP contribution in [0.4, 0.5) is 0 Å². The number of hydrogen-bond acceptors (Lipinski definition) is 3. The van der Waals surface area contributed by atoms with Crippen LogP contribution >= 0.6 is 31.9 Å². The topological polar surface area (TPSA) is 63.6 Å². The normalized spacial score (nSPS) is 14.8. The second kappa shape index (κ2) is 5.40. The van der Waals surface area contributed by atoms with Crippen LogP contribution in [-0.2, 0) is 11.2 Å². The summed E-state index contributed by atoms with van der Waals surface area (Å²) >= 11 is 6.46. The number of ketones is 1. The van der Waals surface area contributed by atoms with Crippen LogP contribution < -0.4 is 4.74 Å². The van der Waals surface area contributed by atoms with Gasteiger partial charge in [0.2, 0.25) is 0 Å². The second-order valence-corrected chi connectivity index (χ2v) is 5.99. The maximum atomic E-state index is 12.2. The number of fused-ring (bicyclic) bond motifs is 1. The first-order valence-corrected chi connectivity index (χ1v) is 7.05. The Morgan fingerprint density at radius 1 is 1.44 bits per heavy atom. The van der Waals surface area contributed by atoms with Crippen molar-refractivity contribution in [3.63, 3.8) is 0 Å². The fraction of sp³-hybridized carbons (Fsp3) is 0.333. The SMILES string of the molecule is O=C(O)CC(Br)C(=O)c1cc(Br)cc2c1OCC2. The number of rotatable bonds is 4. The molecule has 4 nitrogen and oxygen atoms in total. The highest BCUT2D eigenvalue weighted by Gasteiger charge is 2.27. The molecule has 0 fully saturated rings. The Morgan fingerprint density at radius 2 is 2.17 bits per heavy atom. The van der Waals surface area contributed by atoms with Crippen LogP contribution in [-0.4, -0.2) is 28.3 Å². The zero-order chi connectivity index (χ0) is 13.3. The number of carboxylic acid groups (broad SMARTS) is 1. The van der Waals surface area contributed by atoms with E-state index in [-0.39, 0.29) is 12.2 Å². The Balaban J connectivity index is 2.33. The molecule has 0 spiro atoms. The Labute approximate surface area is 121 Å². The lowest BCUT2D eigenvalue weighted by Crippen LogP contribution is -2.18. The van der Waals surface area contributed by atoms with Crippen LogP contribution in [0.5, 0.6) is 5.75 Å². The Bertz CT molecular complexity index is 513. The van der Waals surface area contributed by atoms with Gasteiger partial charge in [-0.3, -0.25) is 9.59 Å². The lowest BCUT2D eigenvalue weighted by Gasteiger charge is -2.11. The molecule has 0 amide bonds. The third-order valence-electron chi connectivity index (χ3n) is 2.65. The third kappa shape index (κ3) is 2.75. The number of carbonyl (C=O) groups is 2. The summed E-state index contributed by atoms with van der Waals surface area (Å²) in [6.07, 6.45) is 0.515. The van der Waals surface area contributed by atoms with E-state index in [2.05, 4.69) is 31.9 Å². The van der Waals surface area contributed by atoms with Gasteiger partial charge in [0.05, 0.1) is 23.4 Å². The van der Waals surface area contributed by atoms with E-state index >= 15 is 0 Å². The number of halogens is 2. The van der Waals surface area contributed by atoms with Crippen molar-refractivity contribution in [2.24, 2.45) is 0 Å². The molecule has 6 heteroatoms. The van der Waals surface area contributed by atoms with Crippen molar-refractivity contribution in [3.8, 4) is 5.75 Å². The zero-order valence-corrected chi connectivity index (χ0v) is 12.5. The number of Topliss-reactive ketones (excluding diaryl/α,β-unsaturated/α-hetero) is 1. The monoisotopic (exact) mass is 376 g/mol. The largest absolute Gasteiger partial charge is 0.492 e. The average molecular weight is 378 g/mol. The maximum Gasteiger partial charge on any atom is 0.304 e. The Hall–Kier alpha value is -0.880. The summed E-state index contributed by atoms with van der Waals surface area (Å²) in [6, 6.07) is 3.59. The first kappa shape index (κ1) is 13.5. The van der Waals surface area contributed by atoms with Gasteiger partial charge in [-0.25, -0.2) is 0 Å². The number of benzene rings is 1. The molecule has 0 saturated heterocycles. The molecule has 1 aliphatic rings. The summed E-state index contributed by atoms with van der Waals surface area (Å²) in [5.74, 6) is -0.701. The predicted octanol–water partition coefficient (Wildman–Crippen LogP) is 2.80. The summed E-state index contributed by atoms with van der Waals surface area (Å²) < 4.78 is 6.25. The molecule has 1 N–H and O–H groups in total. The smallest absolute Gasteiger partial charge is 0.304 e. The van der Waals surface area contributed by atoms with Crippen molar-refractivity contribution < 1.29 is 19.4 Å². The van der Waals surface area contributed by atoms with Gasteiger partial charge in [0.1, 0.15) is 5.75 Å². The van der Waals surface area contributed by atoms with Gasteiger partial charge in [-0.2, -0.15) is 0 Å². The number of carbonyl (C=O) groups excluding carboxylic acids is 1. The number of hydrogen-bond donors (Lipinski definition) is 1. The fourth-order valence-corrected chi connectivity index (χ4v) is 2.90. The fourth-order valence-electron chi connectivity index (χ4n) is 1.87. The summed E-state index contributed by atoms with van der Waals surface area (Å²) in [5, 5.41) is 8.70. The van der Waals surface area contributed by atoms with Gasteiger partial charge < -0.3 is 9.84 Å². The number of aliphatic carboxylic acids is 1. The summed E-state index contributed by atoms with van der Waals surface area (Å²) in [5.41, 5.74) is 1.41. The van der Waals surface area contributed by atoms with Gasteiger partial charge in [-0.1, -0.05) is 31.9 Å². The molecule has 0 saturated carbocycles. The van der Waals surface area contributed by atoms with Crippen molar-refractivity contribution in [1.29, 1.82) is 0 Å². The Morgan fingerprint density at radius 3 is 2.83 bits per heavy atom. The van der Waals surface area contributed by atoms with Crippen LogP contribution in [0.25, 0.3) is 0 Å². The van der Waals surface area contributed by atoms with Gasteiger partial charge in [0, 0.05) is 10.9 Å². The first-order valence-electron chi connectivity index (χ1n) is 5.34. The third-order valence-corrected chi connectivity index (χ3v) is 3.85. The standard InChI is InChI=1S/C12H10Br2O4/c13-7-3-6-1-2-18-12(6)8(4-7)11(17)9(14)5-10(15)16/h3-4,9H,1-2,5H2,(H,15,16). The van der Waals surface area contributed by atoms with E-state index in [1.165, 1.54) is 0 Å². The van der Waals surface area contributed by atoms with Gasteiger partial charge in [0.25, 0.3) is 0 Å². The highest BCUT2D eigenvalue weighted by atomic mass is 79.9. The number of ether oxygens (including phenoxy) is 1. The van der Waals surface area contributed by atoms with E-state index in [0.29, 0.717) is 17.9 Å². The van der Waals surface area contributed by atoms with Crippen molar-refractivity contribution in [2.45, 2.75) is 17.7 Å². The summed E-state index contributed by atoms with van der Waals surface area (Å²) in [7, 11) is 0. The minimum atomic E-state index is -1.02. The lowest BCUT2D eigenvalue weighted by atomic mass is 10.0. The van der Waals surface area contributed by atoms with Crippen molar-refractivity contribution in [3.05, 3.63) is 27.7 Å². The molecular weight excluding hydrogens is 368 g/mol. The van der Waals surface area contributed by atoms with Gasteiger partial charge in [-0.05, 0) is 17.7 Å². The molecule has 0 radical (unpaired) electrons. The number of alkyl halides is 1. The minimum Gasteiger partial charge on any atom is -0.492 e. The van der Waals surface area contributed by atoms with Crippen LogP contribution in [0.3, 0.4) is 0 Å². The highest BCUT2D eigenvalue weighted by Crippen LogP contribution is 2.34. The molecule has 1 aromatic rings. The van der Waals surface area contributed by atoms with E-state index in [9.17, 15) is 9.59 Å². The predicted molar refractivity (Wildman–Crippen MR) is 72.6 cm³/mol. The molecule has 1 aromatic carbocycles. The zero-order valence-electron chi connectivity index (χ0n) is 9.28. The molecule has 1 atom stereocenters. The van der Waals surface area contributed by atoms with Gasteiger partial charge in [0.15, 0.2) is 5.78 Å². The molecule has 1 unspecified atom stereocenters. The molecule has 1 aliphatic heterocycles. The first-order chi connectivity index (χ1) is 8.49. The Kier molecular flexibility index (Phi) is 4.07. The van der Waals surface area contributed by atoms with Crippen LogP contribution in [0.15, 0.2) is 16.6 Å². The maximum absolute atomic E-state index is 12.2. The second-order valence-electron chi connectivity index (χ2n) is 3.97. The van der Waals surface area contributed by atoms with Crippen LogP contribution in [0.2, 0.25) is 0 Å². The van der Waals surface area contributed by atoms with E-state index < -0.39 is 10.8 Å². The number of carboxylic acids is 1. The van der Waals surface area contributed by atoms with Gasteiger partial charge >= 0.3 is 5.97 Å². The quantitative estimate of drug-likeness (QED) is 0.647. The molecule has 18 heavy (non-hydrogen) atoms. The van der Waals surface area contributed by atoms with Crippen LogP contribution in [0, 0.1) is 0 Å². The highest BCUT2D eigenvalue weighted by molar-refractivity contribution is 9.10. The van der Waals surface area contributed by atoms with E-state index in [4.69, 9.17) is 9.84 Å². The summed E-state index contributed by atoms with van der Waals surface area (Å²) in [6.45, 7) is 0.554. The van der Waals surface area contributed by atoms with Crippen molar-refractivity contribution >= 4 is 43.6 Å². The molecule has 1 heterocycles. The van der Waals surface area contributed by atoms with Crippen molar-refractivity contribution in [2.75, 3.05) is 6.61 Å². The minimum absolute atomic E-state index is 0.250. The van der Waals surface area contributed by atoms with Crippen molar-refractivity contribution in [1.82, 2.24) is 0 Å². The molecule has 0 aliphatic carbocycles. The summed E-state index contributed by atoms with van der Waals surface area (Å²) in [4.78, 5) is 22.1. The molecule has 2 rings (SSSR count). The van der Waals surface area contributed by atoms with Gasteiger partial charge in [-0.15, -0.1) is 0 Å². The molecular formula is C12H10Br2O4. The molecule has 96 valence electrons. The van der Waals surface area contributed by atoms with Crippen LogP contribution in [0.1, 0.15) is 22.3 Å².